The lowest BCUT2D eigenvalue weighted by Crippen LogP contribution is -2.25. The molecular formula is C132H212F6N2O3. The average molecular weight is 1990 g/mol. The minimum Gasteiger partial charge on any atom is -0.497 e. The topological polar surface area (TPSA) is 53.5 Å². The molecule has 2 heterocycles. The second-order valence-electron chi connectivity index (χ2n) is 48.7. The van der Waals surface area contributed by atoms with Gasteiger partial charge in [-0.25, -0.2) is 4.39 Å². The molecule has 143 heavy (non-hydrogen) atoms. The molecule has 4 atom stereocenters. The van der Waals surface area contributed by atoms with Crippen LogP contribution in [0.2, 0.25) is 0 Å². The largest absolute Gasteiger partial charge is 0.573 e. The Morgan fingerprint density at radius 1 is 0.301 bits per heavy atom. The Morgan fingerprint density at radius 3 is 0.979 bits per heavy atom. The summed E-state index contributed by atoms with van der Waals surface area (Å²) in [6.07, 6.45) is 22.4. The maximum Gasteiger partial charge on any atom is 0.573 e. The van der Waals surface area contributed by atoms with Gasteiger partial charge in [0.05, 0.1) is 7.11 Å². The molecule has 0 N–H and O–H groups in total. The average Bonchev–Trinajstić information content (AvgIpc) is 0.849. The number of aryl methyl sites for hydroxylation is 1. The summed E-state index contributed by atoms with van der Waals surface area (Å²) in [6.45, 7) is 88.7. The van der Waals surface area contributed by atoms with Gasteiger partial charge in [0.1, 0.15) is 23.1 Å². The second-order valence-corrected chi connectivity index (χ2v) is 48.7. The van der Waals surface area contributed by atoms with Crippen molar-refractivity contribution < 1.29 is 40.6 Å². The van der Waals surface area contributed by atoms with Gasteiger partial charge in [0.2, 0.25) is 0 Å². The highest BCUT2D eigenvalue weighted by Gasteiger charge is 2.33. The number of benzene rings is 6. The third kappa shape index (κ3) is 57.1. The number of methoxy groups -OCH3 is 1. The van der Waals surface area contributed by atoms with Gasteiger partial charge in [-0.05, 0) is 365 Å². The van der Waals surface area contributed by atoms with Gasteiger partial charge in [0.15, 0.2) is 0 Å². The van der Waals surface area contributed by atoms with E-state index in [0.29, 0.717) is 82.9 Å². The smallest absolute Gasteiger partial charge is 0.497 e. The number of ether oxygens (including phenoxy) is 3. The van der Waals surface area contributed by atoms with Crippen LogP contribution in [0.5, 0.6) is 17.2 Å². The minimum atomic E-state index is -4.63. The summed E-state index contributed by atoms with van der Waals surface area (Å²) >= 11 is 0. The highest BCUT2D eigenvalue weighted by Crippen LogP contribution is 2.41. The number of nitrogens with zero attached hydrogens (tertiary/aromatic N) is 2. The Morgan fingerprint density at radius 2 is 0.608 bits per heavy atom. The van der Waals surface area contributed by atoms with Crippen molar-refractivity contribution in [3.05, 3.63) is 253 Å². The van der Waals surface area contributed by atoms with Crippen molar-refractivity contribution in [2.24, 2.45) is 94.7 Å². The number of hydrogen-bond acceptors (Lipinski definition) is 5. The second kappa shape index (κ2) is 70.5. The van der Waals surface area contributed by atoms with Gasteiger partial charge >= 0.3 is 13.0 Å². The number of alkyl halides is 5. The molecule has 2 aromatic heterocycles. The third-order valence-corrected chi connectivity index (χ3v) is 26.4. The molecule has 8 aromatic rings. The zero-order chi connectivity index (χ0) is 109. The predicted octanol–water partition coefficient (Wildman–Crippen LogP) is 41.8. The molecule has 0 aliphatic heterocycles. The standard InChI is InChI=1S/C14H19F3O.C14H20F2O.C14H22O.C14H22.C13H19F.2C13H26.C13H20.2C12H19N/c1-9(2)7-11-8-12(18-14(15,16)17)5-6-13(11)10(3)4;1-9(2)7-11-8-12(17-14(15)16)5-6-13(11)10(3)4;1-10(2)8-12-9-13(15-5)6-7-14(12)11(3)4;1-10(2)8-13-9-12(5)6-7-14(13)11(3)4;1-9(2)7-11-8-12(14)5-6-13(11)10(3)4;3*1-10(2)9-12-7-5-6-8-13(12)11(3)4;1-9(2)8-12-11(10(3)4)6-5-7-13-12;1-9(2)8-11-6-5-7-13-12(11)10(3)4/h5-6,8-10H,7H2,1-4H3;5-6,8-10,14H,7H2,1-4H3;6-7,9-11H,8H2,1-5H3;6-7,9-11H,8H2,1-5H3;5-6,8-10H,7H2,1-4H3;2*10-13H,5-9H2,1-4H3;5-8,10-11H,9H2,1-4H3;2*5-7,9-10H,8H2,1-4H3/t;;;;;12-,13+;12-,13-;;;/m.....11.../s1. The van der Waals surface area contributed by atoms with Crippen molar-refractivity contribution >= 4 is 0 Å². The maximum absolute atomic E-state index is 13.1. The van der Waals surface area contributed by atoms with Gasteiger partial charge in [0, 0.05) is 23.8 Å². The molecule has 0 radical (unpaired) electrons. The van der Waals surface area contributed by atoms with Crippen molar-refractivity contribution in [1.82, 2.24) is 9.97 Å². The van der Waals surface area contributed by atoms with Gasteiger partial charge in [-0.3, -0.25) is 9.97 Å². The van der Waals surface area contributed by atoms with E-state index in [1.54, 1.807) is 37.4 Å². The van der Waals surface area contributed by atoms with E-state index in [1.807, 2.05) is 64.4 Å². The summed E-state index contributed by atoms with van der Waals surface area (Å²) < 4.78 is 87.5. The highest BCUT2D eigenvalue weighted by molar-refractivity contribution is 5.41. The fraction of sp³-hybridized carbons (Fsp3) is 0.652. The maximum atomic E-state index is 13.1. The van der Waals surface area contributed by atoms with Crippen LogP contribution in [0.4, 0.5) is 26.3 Å². The van der Waals surface area contributed by atoms with E-state index in [0.717, 1.165) is 126 Å². The quantitative estimate of drug-likeness (QED) is 0.0376. The van der Waals surface area contributed by atoms with Crippen molar-refractivity contribution in [3.63, 3.8) is 0 Å². The fourth-order valence-electron chi connectivity index (χ4n) is 20.3. The van der Waals surface area contributed by atoms with Crippen molar-refractivity contribution in [2.45, 2.75) is 460 Å². The van der Waals surface area contributed by atoms with Gasteiger partial charge < -0.3 is 14.2 Å². The van der Waals surface area contributed by atoms with E-state index in [2.05, 4.69) is 348 Å². The molecule has 2 aliphatic rings. The first-order valence-electron chi connectivity index (χ1n) is 56.1. The van der Waals surface area contributed by atoms with Crippen LogP contribution in [0, 0.1) is 107 Å². The van der Waals surface area contributed by atoms with E-state index < -0.39 is 13.0 Å². The van der Waals surface area contributed by atoms with Crippen LogP contribution in [0.1, 0.15) is 483 Å². The summed E-state index contributed by atoms with van der Waals surface area (Å²) in [5.41, 5.74) is 22.5. The molecule has 2 fully saturated rings. The summed E-state index contributed by atoms with van der Waals surface area (Å²) in [7, 11) is 1.73. The number of rotatable bonds is 34. The normalized spacial score (nSPS) is 14.8. The Labute approximate surface area is 876 Å². The molecule has 810 valence electrons. The van der Waals surface area contributed by atoms with Crippen molar-refractivity contribution in [2.75, 3.05) is 7.11 Å². The first-order valence-corrected chi connectivity index (χ1v) is 56.1. The fourth-order valence-corrected chi connectivity index (χ4v) is 20.3. The molecule has 0 bridgehead atoms. The molecule has 2 aliphatic carbocycles. The van der Waals surface area contributed by atoms with Gasteiger partial charge in [-0.15, -0.1) is 13.2 Å². The zero-order valence-corrected chi connectivity index (χ0v) is 99.0. The van der Waals surface area contributed by atoms with Crippen LogP contribution in [-0.4, -0.2) is 30.1 Å². The molecule has 10 rings (SSSR count). The first-order chi connectivity index (χ1) is 66.7. The number of pyridine rings is 2. The highest BCUT2D eigenvalue weighted by atomic mass is 19.4. The lowest BCUT2D eigenvalue weighted by Gasteiger charge is -2.35. The Balaban J connectivity index is 0.000000796. The number of aromatic nitrogens is 2. The summed E-state index contributed by atoms with van der Waals surface area (Å²) in [5, 5.41) is 0. The number of halogens is 6. The van der Waals surface area contributed by atoms with Crippen molar-refractivity contribution in [3.8, 4) is 17.2 Å². The van der Waals surface area contributed by atoms with Crippen LogP contribution in [0.3, 0.4) is 0 Å². The van der Waals surface area contributed by atoms with Gasteiger partial charge in [0.25, 0.3) is 0 Å². The van der Waals surface area contributed by atoms with E-state index in [4.69, 9.17) is 4.74 Å². The predicted molar refractivity (Wildman–Crippen MR) is 612 cm³/mol. The van der Waals surface area contributed by atoms with E-state index in [9.17, 15) is 26.3 Å². The molecule has 5 nitrogen and oxygen atoms in total. The number of hydrogen-bond donors (Lipinski definition) is 0. The Bertz CT molecular complexity index is 4410. The molecule has 0 unspecified atom stereocenters. The lowest BCUT2D eigenvalue weighted by molar-refractivity contribution is -0.274. The molecule has 2 saturated carbocycles. The third-order valence-electron chi connectivity index (χ3n) is 26.4. The summed E-state index contributed by atoms with van der Waals surface area (Å²) in [4.78, 5) is 8.87. The SMILES string of the molecule is CC(C)C[C@H]1CCCC[C@@H]1C(C)C.CC(C)C[C@H]1CCCC[C@H]1C(C)C.CC(C)Cc1cc(F)ccc1C(C)C.CC(C)Cc1cc(OC(F)(F)F)ccc1C(C)C.CC(C)Cc1cc(OC(F)F)ccc1C(C)C.CC(C)Cc1ccccc1C(C)C.CC(C)Cc1cccnc1C(C)C.CC(C)Cc1ncccc1C(C)C.COc1ccc(C(C)C)c(CC(C)C)c1.Cc1ccc(C(C)C)c(CC(C)C)c1. The molecule has 11 heteroatoms. The minimum absolute atomic E-state index is 0.120. The van der Waals surface area contributed by atoms with E-state index in [-0.39, 0.29) is 17.3 Å². The van der Waals surface area contributed by atoms with Crippen LogP contribution < -0.4 is 14.2 Å². The Kier molecular flexibility index (Phi) is 65.9. The summed E-state index contributed by atoms with van der Waals surface area (Å²) in [5.74, 6) is 17.9. The molecule has 0 saturated heterocycles. The van der Waals surface area contributed by atoms with E-state index >= 15 is 0 Å². The molecule has 0 amide bonds. The van der Waals surface area contributed by atoms with E-state index in [1.165, 1.54) is 162 Å². The van der Waals surface area contributed by atoms with Crippen LogP contribution >= 0.6 is 0 Å². The zero-order valence-electron chi connectivity index (χ0n) is 99.0. The van der Waals surface area contributed by atoms with Crippen LogP contribution in [0.25, 0.3) is 0 Å². The monoisotopic (exact) mass is 1990 g/mol. The lowest BCUT2D eigenvalue weighted by atomic mass is 9.71. The Hall–Kier alpha value is -7.40. The van der Waals surface area contributed by atoms with Gasteiger partial charge in [-0.2, -0.15) is 8.78 Å². The molecule has 6 aromatic carbocycles. The molecule has 0 spiro atoms. The van der Waals surface area contributed by atoms with Crippen LogP contribution in [0.15, 0.2) is 152 Å². The van der Waals surface area contributed by atoms with Crippen molar-refractivity contribution in [1.29, 1.82) is 0 Å². The molecular weight excluding hydrogens is 1780 g/mol. The van der Waals surface area contributed by atoms with Crippen LogP contribution in [-0.2, 0) is 51.4 Å². The van der Waals surface area contributed by atoms with Gasteiger partial charge in [-0.1, -0.05) is 400 Å². The summed E-state index contributed by atoms with van der Waals surface area (Å²) in [6, 6.07) is 45.5. The first kappa shape index (κ1) is 134.